The molecule has 0 aromatic carbocycles. The molecule has 7 heteroatoms. The van der Waals surface area contributed by atoms with E-state index in [2.05, 4.69) is 4.98 Å². The SMILES string of the molecule is O=c1nc2oc3ccoc3n2c(=O)[nH]1. The van der Waals surface area contributed by atoms with E-state index >= 15 is 0 Å². The Balaban J connectivity index is 2.76. The summed E-state index contributed by atoms with van der Waals surface area (Å²) in [4.78, 5) is 27.6. The molecule has 0 bridgehead atoms. The molecule has 70 valence electrons. The number of aromatic amines is 1. The minimum absolute atomic E-state index is 0.0758. The van der Waals surface area contributed by atoms with E-state index in [9.17, 15) is 9.59 Å². The third-order valence-corrected chi connectivity index (χ3v) is 1.82. The lowest BCUT2D eigenvalue weighted by molar-refractivity contribution is 0.591. The Kier molecular flexibility index (Phi) is 1.09. The van der Waals surface area contributed by atoms with Gasteiger partial charge in [0.1, 0.15) is 0 Å². The van der Waals surface area contributed by atoms with Crippen molar-refractivity contribution in [1.29, 1.82) is 0 Å². The molecule has 3 aromatic heterocycles. The molecule has 7 nitrogen and oxygen atoms in total. The highest BCUT2D eigenvalue weighted by Crippen LogP contribution is 2.16. The first-order valence-electron chi connectivity index (χ1n) is 3.75. The van der Waals surface area contributed by atoms with E-state index in [-0.39, 0.29) is 11.6 Å². The molecule has 14 heavy (non-hydrogen) atoms. The quantitative estimate of drug-likeness (QED) is 0.530. The van der Waals surface area contributed by atoms with Crippen molar-refractivity contribution in [2.24, 2.45) is 0 Å². The summed E-state index contributed by atoms with van der Waals surface area (Å²) in [5.74, 6) is -0.0758. The lowest BCUT2D eigenvalue weighted by Crippen LogP contribution is -2.27. The number of hydrogen-bond acceptors (Lipinski definition) is 5. The van der Waals surface area contributed by atoms with E-state index < -0.39 is 11.4 Å². The fraction of sp³-hybridized carbons (Fsp3) is 0. The molecule has 0 saturated heterocycles. The summed E-state index contributed by atoms with van der Waals surface area (Å²) in [5, 5.41) is 0. The Hall–Kier alpha value is -2.31. The van der Waals surface area contributed by atoms with E-state index in [4.69, 9.17) is 8.83 Å². The molecular weight excluding hydrogens is 190 g/mol. The van der Waals surface area contributed by atoms with Gasteiger partial charge in [-0.05, 0) is 0 Å². The molecule has 0 radical (unpaired) electrons. The van der Waals surface area contributed by atoms with Crippen molar-refractivity contribution in [2.45, 2.75) is 0 Å². The predicted octanol–water partition coefficient (Wildman–Crippen LogP) is -0.278. The van der Waals surface area contributed by atoms with Crippen LogP contribution < -0.4 is 11.4 Å². The summed E-state index contributed by atoms with van der Waals surface area (Å²) in [6.07, 6.45) is 1.38. The van der Waals surface area contributed by atoms with Crippen LogP contribution in [0.5, 0.6) is 0 Å². The van der Waals surface area contributed by atoms with Crippen molar-refractivity contribution in [2.75, 3.05) is 0 Å². The monoisotopic (exact) mass is 193 g/mol. The maximum Gasteiger partial charge on any atom is 0.353 e. The van der Waals surface area contributed by atoms with E-state index in [1.807, 2.05) is 4.98 Å². The summed E-state index contributed by atoms with van der Waals surface area (Å²) in [6.45, 7) is 0. The smallest absolute Gasteiger partial charge is 0.353 e. The Bertz CT molecular complexity index is 728. The fourth-order valence-corrected chi connectivity index (χ4v) is 1.28. The fourth-order valence-electron chi connectivity index (χ4n) is 1.28. The number of fused-ring (bicyclic) bond motifs is 3. The van der Waals surface area contributed by atoms with Crippen LogP contribution in [0.4, 0.5) is 0 Å². The molecule has 3 rings (SSSR count). The zero-order valence-electron chi connectivity index (χ0n) is 6.68. The molecule has 3 aromatic rings. The third-order valence-electron chi connectivity index (χ3n) is 1.82. The van der Waals surface area contributed by atoms with Gasteiger partial charge in [0, 0.05) is 6.07 Å². The standard InChI is InChI=1S/C7H3N3O4/c11-5-8-6(12)10-4-3(1-2-13-4)14-7(10)9-5/h1-2H,(H,8,11,12). The highest BCUT2D eigenvalue weighted by Gasteiger charge is 2.12. The molecule has 1 N–H and O–H groups in total. The molecule has 3 heterocycles. The van der Waals surface area contributed by atoms with Crippen LogP contribution in [-0.4, -0.2) is 14.4 Å². The van der Waals surface area contributed by atoms with Crippen molar-refractivity contribution in [1.82, 2.24) is 14.4 Å². The maximum absolute atomic E-state index is 11.3. The van der Waals surface area contributed by atoms with Gasteiger partial charge in [0.15, 0.2) is 5.58 Å². The highest BCUT2D eigenvalue weighted by molar-refractivity contribution is 5.69. The van der Waals surface area contributed by atoms with Crippen LogP contribution >= 0.6 is 0 Å². The number of nitrogens with one attached hydrogen (secondary N) is 1. The first-order valence-corrected chi connectivity index (χ1v) is 3.75. The molecule has 0 spiro atoms. The minimum Gasteiger partial charge on any atom is -0.444 e. The Morgan fingerprint density at radius 1 is 1.43 bits per heavy atom. The molecule has 0 amide bonds. The van der Waals surface area contributed by atoms with Crippen LogP contribution in [0.15, 0.2) is 30.8 Å². The van der Waals surface area contributed by atoms with Gasteiger partial charge in [-0.1, -0.05) is 0 Å². The molecule has 0 saturated carbocycles. The number of furan rings is 1. The number of hydrogen-bond donors (Lipinski definition) is 1. The number of H-pyrrole nitrogens is 1. The van der Waals surface area contributed by atoms with E-state index in [1.165, 1.54) is 12.3 Å². The van der Waals surface area contributed by atoms with Crippen molar-refractivity contribution in [3.8, 4) is 0 Å². The van der Waals surface area contributed by atoms with Gasteiger partial charge in [-0.15, -0.1) is 4.98 Å². The van der Waals surface area contributed by atoms with Gasteiger partial charge in [0.25, 0.3) is 5.71 Å². The van der Waals surface area contributed by atoms with E-state index in [0.717, 1.165) is 4.40 Å². The van der Waals surface area contributed by atoms with Gasteiger partial charge in [0.05, 0.1) is 6.26 Å². The van der Waals surface area contributed by atoms with E-state index in [0.29, 0.717) is 5.58 Å². The summed E-state index contributed by atoms with van der Waals surface area (Å²) < 4.78 is 11.1. The predicted molar refractivity (Wildman–Crippen MR) is 44.1 cm³/mol. The summed E-state index contributed by atoms with van der Waals surface area (Å²) in [7, 11) is 0. The van der Waals surface area contributed by atoms with Crippen LogP contribution in [0.2, 0.25) is 0 Å². The maximum atomic E-state index is 11.3. The Morgan fingerprint density at radius 3 is 3.14 bits per heavy atom. The molecular formula is C7H3N3O4. The molecule has 0 aliphatic carbocycles. The largest absolute Gasteiger partial charge is 0.444 e. The number of oxazole rings is 1. The van der Waals surface area contributed by atoms with Crippen LogP contribution in [0.1, 0.15) is 0 Å². The summed E-state index contributed by atoms with van der Waals surface area (Å²) >= 11 is 0. The second-order valence-electron chi connectivity index (χ2n) is 2.66. The molecule has 0 aliphatic heterocycles. The van der Waals surface area contributed by atoms with Gasteiger partial charge >= 0.3 is 17.2 Å². The summed E-state index contributed by atoms with van der Waals surface area (Å²) in [5.41, 5.74) is -0.776. The van der Waals surface area contributed by atoms with Crippen LogP contribution in [0.3, 0.4) is 0 Å². The zero-order chi connectivity index (χ0) is 9.71. The number of aromatic nitrogens is 3. The highest BCUT2D eigenvalue weighted by atomic mass is 16.4. The van der Waals surface area contributed by atoms with Crippen LogP contribution in [0.25, 0.3) is 17.1 Å². The van der Waals surface area contributed by atoms with Crippen molar-refractivity contribution < 1.29 is 8.83 Å². The molecule has 0 atom stereocenters. The van der Waals surface area contributed by atoms with Gasteiger partial charge in [-0.2, -0.15) is 4.40 Å². The Morgan fingerprint density at radius 2 is 2.29 bits per heavy atom. The lowest BCUT2D eigenvalue weighted by Gasteiger charge is -1.86. The second-order valence-corrected chi connectivity index (χ2v) is 2.66. The van der Waals surface area contributed by atoms with Crippen LogP contribution in [-0.2, 0) is 0 Å². The first kappa shape index (κ1) is 7.13. The second kappa shape index (κ2) is 2.13. The molecule has 0 unspecified atom stereocenters. The van der Waals surface area contributed by atoms with Gasteiger partial charge < -0.3 is 8.83 Å². The average Bonchev–Trinajstić information content (AvgIpc) is 2.60. The first-order chi connectivity index (χ1) is 6.75. The Labute approximate surface area is 74.6 Å². The van der Waals surface area contributed by atoms with Crippen molar-refractivity contribution in [3.05, 3.63) is 33.3 Å². The number of rotatable bonds is 0. The van der Waals surface area contributed by atoms with Crippen molar-refractivity contribution >= 4 is 17.1 Å². The summed E-state index contributed by atoms with van der Waals surface area (Å²) in [6, 6.07) is 1.54. The molecule has 0 fully saturated rings. The topological polar surface area (TPSA) is 93.5 Å². The normalized spacial score (nSPS) is 11.4. The number of nitrogens with zero attached hydrogens (tertiary/aromatic N) is 2. The van der Waals surface area contributed by atoms with Gasteiger partial charge in [-0.25, -0.2) is 9.59 Å². The zero-order valence-corrected chi connectivity index (χ0v) is 6.68. The van der Waals surface area contributed by atoms with Crippen LogP contribution in [0, 0.1) is 0 Å². The average molecular weight is 193 g/mol. The third kappa shape index (κ3) is 0.729. The lowest BCUT2D eigenvalue weighted by atomic mass is 10.6. The van der Waals surface area contributed by atoms with Crippen molar-refractivity contribution in [3.63, 3.8) is 0 Å². The van der Waals surface area contributed by atoms with Gasteiger partial charge in [-0.3, -0.25) is 4.98 Å². The minimum atomic E-state index is -0.744. The molecule has 0 aliphatic rings. The van der Waals surface area contributed by atoms with Gasteiger partial charge in [0.2, 0.25) is 0 Å². The van der Waals surface area contributed by atoms with E-state index in [1.54, 1.807) is 0 Å².